The molecule has 0 spiro atoms. The van der Waals surface area contributed by atoms with Gasteiger partial charge in [-0.1, -0.05) is 69.5 Å². The summed E-state index contributed by atoms with van der Waals surface area (Å²) in [5.74, 6) is 0.536. The molecule has 0 atom stereocenters. The molecule has 4 rings (SSSR count). The van der Waals surface area contributed by atoms with Gasteiger partial charge in [0.05, 0.1) is 17.7 Å². The molecule has 32 heavy (non-hydrogen) atoms. The number of nitrogens with zero attached hydrogens (tertiary/aromatic N) is 1. The van der Waals surface area contributed by atoms with Crippen molar-refractivity contribution in [1.82, 2.24) is 0 Å². The largest absolute Gasteiger partial charge is 0.493 e. The topological polar surface area (TPSA) is 57.1 Å². The predicted molar refractivity (Wildman–Crippen MR) is 129 cm³/mol. The van der Waals surface area contributed by atoms with Gasteiger partial charge in [0.1, 0.15) is 6.61 Å². The Balaban J connectivity index is 1.68. The van der Waals surface area contributed by atoms with Crippen molar-refractivity contribution in [2.75, 3.05) is 7.11 Å². The van der Waals surface area contributed by atoms with E-state index in [2.05, 4.69) is 20.9 Å². The van der Waals surface area contributed by atoms with Crippen molar-refractivity contribution in [3.63, 3.8) is 0 Å². The number of carbonyl (C=O) groups is 1. The molecule has 0 unspecified atom stereocenters. The van der Waals surface area contributed by atoms with E-state index in [1.807, 2.05) is 24.3 Å². The molecule has 0 aliphatic carbocycles. The first-order valence-electron chi connectivity index (χ1n) is 9.47. The van der Waals surface area contributed by atoms with Gasteiger partial charge in [0.25, 0.3) is 0 Å². The number of rotatable bonds is 6. The molecule has 1 heterocycles. The van der Waals surface area contributed by atoms with E-state index in [-0.39, 0.29) is 11.6 Å². The van der Waals surface area contributed by atoms with Gasteiger partial charge in [-0.2, -0.15) is 0 Å². The summed E-state index contributed by atoms with van der Waals surface area (Å²) in [5.41, 5.74) is 2.18. The van der Waals surface area contributed by atoms with Crippen molar-refractivity contribution in [3.05, 3.63) is 97.6 Å². The SMILES string of the molecule is COc1cccc(/C=C2\N=C(c3ccc(Cl)cc3Cl)OC2=O)c1OCc1ccccc1Br. The first kappa shape index (κ1) is 22.4. The first-order valence-corrected chi connectivity index (χ1v) is 11.0. The summed E-state index contributed by atoms with van der Waals surface area (Å²) in [7, 11) is 1.56. The highest BCUT2D eigenvalue weighted by atomic mass is 79.9. The van der Waals surface area contributed by atoms with Gasteiger partial charge in [-0.25, -0.2) is 9.79 Å². The average Bonchev–Trinajstić information content (AvgIpc) is 3.13. The normalized spacial score (nSPS) is 14.3. The van der Waals surface area contributed by atoms with E-state index < -0.39 is 5.97 Å². The number of cyclic esters (lactones) is 1. The van der Waals surface area contributed by atoms with Gasteiger partial charge < -0.3 is 14.2 Å². The zero-order chi connectivity index (χ0) is 22.7. The number of halogens is 3. The van der Waals surface area contributed by atoms with E-state index >= 15 is 0 Å². The van der Waals surface area contributed by atoms with Gasteiger partial charge in [0, 0.05) is 20.6 Å². The van der Waals surface area contributed by atoms with E-state index in [4.69, 9.17) is 37.4 Å². The van der Waals surface area contributed by atoms with Crippen LogP contribution in [-0.2, 0) is 16.1 Å². The van der Waals surface area contributed by atoms with Crippen LogP contribution in [0.2, 0.25) is 10.0 Å². The van der Waals surface area contributed by atoms with Crippen LogP contribution in [0.15, 0.2) is 75.8 Å². The molecule has 162 valence electrons. The van der Waals surface area contributed by atoms with Crippen molar-refractivity contribution >= 4 is 57.1 Å². The number of para-hydroxylation sites is 1. The lowest BCUT2D eigenvalue weighted by atomic mass is 10.1. The molecule has 0 saturated heterocycles. The van der Waals surface area contributed by atoms with Crippen LogP contribution in [0.25, 0.3) is 6.08 Å². The fourth-order valence-electron chi connectivity index (χ4n) is 3.06. The second kappa shape index (κ2) is 9.77. The van der Waals surface area contributed by atoms with Gasteiger partial charge >= 0.3 is 5.97 Å². The molecule has 0 bridgehead atoms. The second-order valence-corrected chi connectivity index (χ2v) is 8.42. The average molecular weight is 533 g/mol. The quantitative estimate of drug-likeness (QED) is 0.262. The first-order chi connectivity index (χ1) is 15.5. The van der Waals surface area contributed by atoms with Crippen LogP contribution in [0.1, 0.15) is 16.7 Å². The summed E-state index contributed by atoms with van der Waals surface area (Å²) < 4.78 is 17.8. The van der Waals surface area contributed by atoms with Gasteiger partial charge in [-0.05, 0) is 36.4 Å². The van der Waals surface area contributed by atoms with E-state index in [0.717, 1.165) is 10.0 Å². The summed E-state index contributed by atoms with van der Waals surface area (Å²) in [6, 6.07) is 18.0. The van der Waals surface area contributed by atoms with E-state index in [0.29, 0.717) is 39.3 Å². The standard InChI is InChI=1S/C24H16BrCl2NO4/c1-30-21-8-4-6-14(22(21)31-13-15-5-2-3-7-18(15)25)11-20-24(29)32-23(28-20)17-10-9-16(26)12-19(17)27/h2-12H,13H2,1H3/b20-11-. The van der Waals surface area contributed by atoms with Crippen LogP contribution in [0.4, 0.5) is 0 Å². The predicted octanol–water partition coefficient (Wildman–Crippen LogP) is 6.69. The Morgan fingerprint density at radius 3 is 2.66 bits per heavy atom. The minimum Gasteiger partial charge on any atom is -0.493 e. The number of esters is 1. The molecule has 3 aromatic carbocycles. The van der Waals surface area contributed by atoms with Crippen LogP contribution < -0.4 is 9.47 Å². The van der Waals surface area contributed by atoms with E-state index in [1.54, 1.807) is 49.6 Å². The van der Waals surface area contributed by atoms with Crippen LogP contribution in [-0.4, -0.2) is 19.0 Å². The van der Waals surface area contributed by atoms with E-state index in [1.165, 1.54) is 0 Å². The third kappa shape index (κ3) is 4.83. The Labute approximate surface area is 203 Å². The summed E-state index contributed by atoms with van der Waals surface area (Å²) in [6.07, 6.45) is 1.59. The molecular formula is C24H16BrCl2NO4. The van der Waals surface area contributed by atoms with Crippen molar-refractivity contribution in [1.29, 1.82) is 0 Å². The zero-order valence-electron chi connectivity index (χ0n) is 16.8. The number of ether oxygens (including phenoxy) is 3. The van der Waals surface area contributed by atoms with Crippen molar-refractivity contribution < 1.29 is 19.0 Å². The number of carbonyl (C=O) groups excluding carboxylic acids is 1. The third-order valence-electron chi connectivity index (χ3n) is 4.63. The number of hydrogen-bond acceptors (Lipinski definition) is 5. The Morgan fingerprint density at radius 2 is 1.91 bits per heavy atom. The van der Waals surface area contributed by atoms with Crippen LogP contribution >= 0.6 is 39.1 Å². The maximum Gasteiger partial charge on any atom is 0.363 e. The highest BCUT2D eigenvalue weighted by Crippen LogP contribution is 2.35. The smallest absolute Gasteiger partial charge is 0.363 e. The van der Waals surface area contributed by atoms with Crippen LogP contribution in [0.3, 0.4) is 0 Å². The lowest BCUT2D eigenvalue weighted by Crippen LogP contribution is -2.06. The molecule has 0 radical (unpaired) electrons. The minimum atomic E-state index is -0.592. The monoisotopic (exact) mass is 531 g/mol. The summed E-state index contributed by atoms with van der Waals surface area (Å²) in [5, 5.41) is 0.812. The Hall–Kier alpha value is -2.80. The van der Waals surface area contributed by atoms with Crippen molar-refractivity contribution in [3.8, 4) is 11.5 Å². The van der Waals surface area contributed by atoms with Gasteiger partial charge in [-0.15, -0.1) is 0 Å². The lowest BCUT2D eigenvalue weighted by molar-refractivity contribution is -0.129. The third-order valence-corrected chi connectivity index (χ3v) is 5.95. The number of methoxy groups -OCH3 is 1. The molecule has 0 saturated carbocycles. The van der Waals surface area contributed by atoms with E-state index in [9.17, 15) is 4.79 Å². The maximum absolute atomic E-state index is 12.5. The molecule has 1 aliphatic rings. The summed E-state index contributed by atoms with van der Waals surface area (Å²) >= 11 is 15.7. The molecular weight excluding hydrogens is 517 g/mol. The minimum absolute atomic E-state index is 0.112. The molecule has 1 aliphatic heterocycles. The van der Waals surface area contributed by atoms with Crippen molar-refractivity contribution in [2.24, 2.45) is 4.99 Å². The van der Waals surface area contributed by atoms with Crippen molar-refractivity contribution in [2.45, 2.75) is 6.61 Å². The number of benzene rings is 3. The summed E-state index contributed by atoms with van der Waals surface area (Å²) in [6.45, 7) is 0.303. The Kier molecular flexibility index (Phi) is 6.84. The molecule has 8 heteroatoms. The molecule has 0 aromatic heterocycles. The lowest BCUT2D eigenvalue weighted by Gasteiger charge is -2.14. The van der Waals surface area contributed by atoms with Gasteiger partial charge in [0.15, 0.2) is 17.2 Å². The highest BCUT2D eigenvalue weighted by Gasteiger charge is 2.26. The Morgan fingerprint density at radius 1 is 1.09 bits per heavy atom. The fourth-order valence-corrected chi connectivity index (χ4v) is 3.95. The fraction of sp³-hybridized carbons (Fsp3) is 0.0833. The number of aliphatic imine (C=N–C) groups is 1. The van der Waals surface area contributed by atoms with Crippen LogP contribution in [0.5, 0.6) is 11.5 Å². The summed E-state index contributed by atoms with van der Waals surface area (Å²) in [4.78, 5) is 16.8. The number of hydrogen-bond donors (Lipinski definition) is 0. The highest BCUT2D eigenvalue weighted by molar-refractivity contribution is 9.10. The zero-order valence-corrected chi connectivity index (χ0v) is 19.9. The second-order valence-electron chi connectivity index (χ2n) is 6.72. The van der Waals surface area contributed by atoms with Gasteiger partial charge in [-0.3, -0.25) is 0 Å². The van der Waals surface area contributed by atoms with Gasteiger partial charge in [0.2, 0.25) is 5.90 Å². The van der Waals surface area contributed by atoms with Crippen LogP contribution in [0, 0.1) is 0 Å². The maximum atomic E-state index is 12.5. The molecule has 0 amide bonds. The molecule has 0 N–H and O–H groups in total. The Bertz CT molecular complexity index is 1260. The molecule has 5 nitrogen and oxygen atoms in total. The molecule has 0 fully saturated rings. The molecule has 3 aromatic rings.